The van der Waals surface area contributed by atoms with E-state index in [4.69, 9.17) is 9.98 Å². The minimum absolute atomic E-state index is 0.479. The fraction of sp³-hybridized carbons (Fsp3) is 0.102. The van der Waals surface area contributed by atoms with Crippen molar-refractivity contribution in [2.75, 3.05) is 0 Å². The van der Waals surface area contributed by atoms with E-state index >= 15 is 0 Å². The molecule has 0 N–H and O–H groups in total. The molecule has 0 bridgehead atoms. The maximum atomic E-state index is 5.39. The predicted octanol–water partition coefficient (Wildman–Crippen LogP) is 11.0. The molecule has 3 aliphatic carbocycles. The van der Waals surface area contributed by atoms with Gasteiger partial charge in [-0.15, -0.1) is 0 Å². The molecule has 4 heteroatoms. The molecule has 5 aromatic carbocycles. The summed E-state index contributed by atoms with van der Waals surface area (Å²) in [4.78, 5) is 20.0. The molecule has 254 valence electrons. The Morgan fingerprint density at radius 2 is 1.57 bits per heavy atom. The van der Waals surface area contributed by atoms with Crippen LogP contribution in [0, 0.1) is 0 Å². The summed E-state index contributed by atoms with van der Waals surface area (Å²) in [6.45, 7) is 4.60. The normalized spacial score (nSPS) is 17.5. The summed E-state index contributed by atoms with van der Waals surface area (Å²) >= 11 is 0. The van der Waals surface area contributed by atoms with E-state index in [0.717, 1.165) is 52.6 Å². The van der Waals surface area contributed by atoms with E-state index < -0.39 is 5.41 Å². The number of hydrogen-bond acceptors (Lipinski definition) is 2. The molecule has 3 aliphatic rings. The smallest absolute Gasteiger partial charge is 0.161 e. The Labute approximate surface area is 310 Å². The molecule has 0 spiro atoms. The molecule has 0 amide bonds. The standard InChI is InChI=1S/C49H38N4/c1-50-47(53-48(41-27-13-19-35-17-7-9-25-40(35)41)52-32-36-20-12-18-34-16-6-8-24-39(34)36)43-28-14-30-45-46(43)42-26-10-11-29-44(42)49(45,38-23-15-31-51-33-38)37-21-4-2-3-5-22-37/h2-4,6,8-16,18-31,33H,1,5,7,17,32H2. The summed E-state index contributed by atoms with van der Waals surface area (Å²) in [6, 6.07) is 40.9. The molecule has 0 saturated heterocycles. The third kappa shape index (κ3) is 5.55. The summed E-state index contributed by atoms with van der Waals surface area (Å²) in [7, 11) is 0. The number of amidine groups is 2. The number of rotatable bonds is 6. The zero-order valence-corrected chi connectivity index (χ0v) is 29.5. The van der Waals surface area contributed by atoms with Crippen molar-refractivity contribution in [3.05, 3.63) is 214 Å². The molecule has 0 radical (unpaired) electrons. The van der Waals surface area contributed by atoms with Crippen molar-refractivity contribution in [1.82, 2.24) is 4.98 Å². The summed E-state index contributed by atoms with van der Waals surface area (Å²) in [5, 5.41) is 2.39. The van der Waals surface area contributed by atoms with Crippen LogP contribution in [-0.2, 0) is 18.4 Å². The Morgan fingerprint density at radius 1 is 0.736 bits per heavy atom. The number of pyridine rings is 1. The van der Waals surface area contributed by atoms with E-state index in [9.17, 15) is 0 Å². The molecule has 1 atom stereocenters. The van der Waals surface area contributed by atoms with E-state index in [1.807, 2.05) is 18.5 Å². The number of allylic oxidation sites excluding steroid dienone is 7. The molecule has 53 heavy (non-hydrogen) atoms. The van der Waals surface area contributed by atoms with Crippen LogP contribution in [0.4, 0.5) is 0 Å². The van der Waals surface area contributed by atoms with Gasteiger partial charge in [0.1, 0.15) is 0 Å². The number of aliphatic imine (C=N–C) groups is 3. The summed E-state index contributed by atoms with van der Waals surface area (Å²) < 4.78 is 0. The lowest BCUT2D eigenvalue weighted by atomic mass is 9.67. The Bertz CT molecular complexity index is 2580. The second kappa shape index (κ2) is 13.9. The molecule has 9 rings (SSSR count). The van der Waals surface area contributed by atoms with Crippen LogP contribution in [-0.4, -0.2) is 23.4 Å². The first-order valence-electron chi connectivity index (χ1n) is 18.3. The summed E-state index contributed by atoms with van der Waals surface area (Å²) in [5.74, 6) is 1.19. The number of aromatic nitrogens is 1. The third-order valence-corrected chi connectivity index (χ3v) is 10.8. The number of fused-ring (bicyclic) bond motifs is 5. The number of nitrogens with zero attached hydrogens (tertiary/aromatic N) is 4. The first kappa shape index (κ1) is 32.4. The van der Waals surface area contributed by atoms with Gasteiger partial charge in [0.15, 0.2) is 11.7 Å². The van der Waals surface area contributed by atoms with Gasteiger partial charge < -0.3 is 0 Å². The maximum Gasteiger partial charge on any atom is 0.161 e. The average molecular weight is 683 g/mol. The monoisotopic (exact) mass is 682 g/mol. The van der Waals surface area contributed by atoms with Gasteiger partial charge in [0, 0.05) is 23.5 Å². The summed E-state index contributed by atoms with van der Waals surface area (Å²) in [6.07, 6.45) is 22.2. The molecule has 4 nitrogen and oxygen atoms in total. The second-order valence-electron chi connectivity index (χ2n) is 13.6. The molecular weight excluding hydrogens is 645 g/mol. The van der Waals surface area contributed by atoms with Gasteiger partial charge in [-0.25, -0.2) is 9.98 Å². The third-order valence-electron chi connectivity index (χ3n) is 10.8. The molecule has 0 fully saturated rings. The zero-order chi connectivity index (χ0) is 35.6. The van der Waals surface area contributed by atoms with Crippen molar-refractivity contribution < 1.29 is 0 Å². The minimum atomic E-state index is -0.584. The van der Waals surface area contributed by atoms with Crippen molar-refractivity contribution in [1.29, 1.82) is 0 Å². The van der Waals surface area contributed by atoms with E-state index in [1.165, 1.54) is 38.6 Å². The van der Waals surface area contributed by atoms with Gasteiger partial charge in [-0.3, -0.25) is 9.98 Å². The van der Waals surface area contributed by atoms with Crippen LogP contribution in [0.2, 0.25) is 0 Å². The highest BCUT2D eigenvalue weighted by molar-refractivity contribution is 6.17. The zero-order valence-electron chi connectivity index (χ0n) is 29.5. The van der Waals surface area contributed by atoms with E-state index in [2.05, 4.69) is 168 Å². The average Bonchev–Trinajstić information content (AvgIpc) is 3.32. The lowest BCUT2D eigenvalue weighted by molar-refractivity contribution is 0.758. The van der Waals surface area contributed by atoms with Gasteiger partial charge >= 0.3 is 0 Å². The number of aryl methyl sites for hydroxylation is 1. The van der Waals surface area contributed by atoms with E-state index in [0.29, 0.717) is 18.2 Å². The van der Waals surface area contributed by atoms with Crippen LogP contribution in [0.15, 0.2) is 185 Å². The Morgan fingerprint density at radius 3 is 2.49 bits per heavy atom. The Hall–Kier alpha value is -6.52. The first-order valence-corrected chi connectivity index (χ1v) is 18.3. The van der Waals surface area contributed by atoms with Crippen LogP contribution in [0.1, 0.15) is 57.3 Å². The maximum absolute atomic E-state index is 5.39. The van der Waals surface area contributed by atoms with Crippen molar-refractivity contribution in [2.45, 2.75) is 31.2 Å². The van der Waals surface area contributed by atoms with Crippen molar-refractivity contribution >= 4 is 35.2 Å². The van der Waals surface area contributed by atoms with Gasteiger partial charge in [-0.1, -0.05) is 152 Å². The van der Waals surface area contributed by atoms with Gasteiger partial charge in [-0.2, -0.15) is 0 Å². The van der Waals surface area contributed by atoms with Gasteiger partial charge in [0.05, 0.1) is 12.0 Å². The highest BCUT2D eigenvalue weighted by Gasteiger charge is 2.47. The van der Waals surface area contributed by atoms with Crippen molar-refractivity contribution in [3.63, 3.8) is 0 Å². The van der Waals surface area contributed by atoms with Crippen LogP contribution in [0.5, 0.6) is 0 Å². The van der Waals surface area contributed by atoms with Crippen LogP contribution in [0.25, 0.3) is 28.0 Å². The highest BCUT2D eigenvalue weighted by atomic mass is 15.0. The summed E-state index contributed by atoms with van der Waals surface area (Å²) in [5.41, 5.74) is 11.9. The van der Waals surface area contributed by atoms with Crippen LogP contribution in [0.3, 0.4) is 0 Å². The lowest BCUT2D eigenvalue weighted by Gasteiger charge is -2.34. The number of hydrogen-bond donors (Lipinski definition) is 0. The molecular formula is C49H38N4. The fourth-order valence-corrected chi connectivity index (χ4v) is 8.46. The second-order valence-corrected chi connectivity index (χ2v) is 13.6. The molecule has 1 aromatic heterocycles. The quantitative estimate of drug-likeness (QED) is 0.127. The molecule has 1 heterocycles. The van der Waals surface area contributed by atoms with E-state index in [1.54, 1.807) is 0 Å². The van der Waals surface area contributed by atoms with Crippen molar-refractivity contribution in [2.24, 2.45) is 15.0 Å². The van der Waals surface area contributed by atoms with Gasteiger partial charge in [-0.05, 0) is 92.9 Å². The fourth-order valence-electron chi connectivity index (χ4n) is 8.46. The predicted molar refractivity (Wildman–Crippen MR) is 221 cm³/mol. The number of benzene rings is 5. The highest BCUT2D eigenvalue weighted by Crippen LogP contribution is 2.57. The van der Waals surface area contributed by atoms with Crippen LogP contribution >= 0.6 is 0 Å². The minimum Gasteiger partial charge on any atom is -0.264 e. The van der Waals surface area contributed by atoms with Gasteiger partial charge in [0.2, 0.25) is 0 Å². The molecule has 0 aliphatic heterocycles. The SMILES string of the molecule is C=NC(=NC(=NCc1cccc2ccccc12)c1cccc2c1C=CCC2)c1cccc2c1-c1ccccc1C2(C1=CCC=CC=C1)c1cccnc1. The molecule has 1 unspecified atom stereocenters. The molecule has 0 saturated carbocycles. The Kier molecular flexibility index (Phi) is 8.49. The van der Waals surface area contributed by atoms with Gasteiger partial charge in [0.25, 0.3) is 0 Å². The largest absolute Gasteiger partial charge is 0.264 e. The topological polar surface area (TPSA) is 50.0 Å². The Balaban J connectivity index is 1.27. The van der Waals surface area contributed by atoms with Crippen molar-refractivity contribution in [3.8, 4) is 11.1 Å². The molecule has 6 aromatic rings. The lowest BCUT2D eigenvalue weighted by Crippen LogP contribution is -2.29. The first-order chi connectivity index (χ1) is 26.3. The van der Waals surface area contributed by atoms with Crippen LogP contribution < -0.4 is 0 Å². The van der Waals surface area contributed by atoms with E-state index in [-0.39, 0.29) is 0 Å².